The number of nitrogens with two attached hydrogens (primary N) is 2. The Morgan fingerprint density at radius 1 is 1.21 bits per heavy atom. The van der Waals surface area contributed by atoms with Gasteiger partial charge in [-0.2, -0.15) is 5.26 Å². The smallest absolute Gasteiger partial charge is 0.255 e. The lowest BCUT2D eigenvalue weighted by Crippen LogP contribution is -2.21. The fourth-order valence-electron chi connectivity index (χ4n) is 3.81. The van der Waals surface area contributed by atoms with Crippen LogP contribution >= 0.6 is 0 Å². The Hall–Kier alpha value is -4.65. The SMILES string of the molecule is CCOc1ccc(-c2[nH]nc3c2[C@H](c2ccc(OCC(N)=O)cc2)C(C#N)=C(N)O3)cc1OC. The van der Waals surface area contributed by atoms with E-state index in [0.717, 1.165) is 11.1 Å². The van der Waals surface area contributed by atoms with Crippen molar-refractivity contribution in [2.75, 3.05) is 20.3 Å². The second-order valence-corrected chi connectivity index (χ2v) is 7.36. The fraction of sp³-hybridized carbons (Fsp3) is 0.208. The van der Waals surface area contributed by atoms with Gasteiger partial charge in [-0.1, -0.05) is 12.1 Å². The van der Waals surface area contributed by atoms with Crippen LogP contribution in [0.1, 0.15) is 24.0 Å². The summed E-state index contributed by atoms with van der Waals surface area (Å²) in [7, 11) is 1.56. The fourth-order valence-corrected chi connectivity index (χ4v) is 3.81. The van der Waals surface area contributed by atoms with Gasteiger partial charge in [-0.05, 0) is 42.8 Å². The zero-order valence-electron chi connectivity index (χ0n) is 18.6. The number of hydrogen-bond donors (Lipinski definition) is 3. The lowest BCUT2D eigenvalue weighted by Gasteiger charge is -2.24. The first-order valence-corrected chi connectivity index (χ1v) is 10.4. The van der Waals surface area contributed by atoms with E-state index in [2.05, 4.69) is 16.3 Å². The third-order valence-corrected chi connectivity index (χ3v) is 5.29. The molecule has 4 rings (SSSR count). The molecule has 0 bridgehead atoms. The summed E-state index contributed by atoms with van der Waals surface area (Å²) in [5, 5.41) is 17.2. The number of rotatable bonds is 8. The van der Waals surface area contributed by atoms with E-state index in [0.29, 0.717) is 35.1 Å². The number of ether oxygens (including phenoxy) is 4. The summed E-state index contributed by atoms with van der Waals surface area (Å²) in [5.74, 6) is 0.772. The Morgan fingerprint density at radius 2 is 1.97 bits per heavy atom. The van der Waals surface area contributed by atoms with Gasteiger partial charge in [-0.25, -0.2) is 0 Å². The molecule has 174 valence electrons. The quantitative estimate of drug-likeness (QED) is 0.462. The first-order valence-electron chi connectivity index (χ1n) is 10.4. The molecule has 0 aliphatic carbocycles. The van der Waals surface area contributed by atoms with Crippen molar-refractivity contribution in [3.8, 4) is 40.5 Å². The summed E-state index contributed by atoms with van der Waals surface area (Å²) in [5.41, 5.74) is 14.3. The highest BCUT2D eigenvalue weighted by Crippen LogP contribution is 2.46. The summed E-state index contributed by atoms with van der Waals surface area (Å²) in [6, 6.07) is 14.6. The molecule has 0 unspecified atom stereocenters. The predicted molar refractivity (Wildman–Crippen MR) is 122 cm³/mol. The van der Waals surface area contributed by atoms with Crippen molar-refractivity contribution < 1.29 is 23.7 Å². The lowest BCUT2D eigenvalue weighted by molar-refractivity contribution is -0.119. The molecule has 10 nitrogen and oxygen atoms in total. The van der Waals surface area contributed by atoms with E-state index in [4.69, 9.17) is 30.4 Å². The summed E-state index contributed by atoms with van der Waals surface area (Å²) >= 11 is 0. The molecule has 10 heteroatoms. The third kappa shape index (κ3) is 4.19. The van der Waals surface area contributed by atoms with Gasteiger partial charge in [0.2, 0.25) is 11.8 Å². The number of aromatic amines is 1. The maximum absolute atomic E-state index is 11.0. The van der Waals surface area contributed by atoms with Crippen LogP contribution in [0.5, 0.6) is 23.1 Å². The van der Waals surface area contributed by atoms with Crippen LogP contribution in [0, 0.1) is 11.3 Å². The normalized spacial score (nSPS) is 14.6. The number of nitriles is 1. The number of nitrogens with zero attached hydrogens (tertiary/aromatic N) is 2. The molecular weight excluding hydrogens is 438 g/mol. The van der Waals surface area contributed by atoms with Gasteiger partial charge in [0.25, 0.3) is 5.91 Å². The lowest BCUT2D eigenvalue weighted by atomic mass is 9.83. The standard InChI is InChI=1S/C24H23N5O5/c1-3-32-17-9-6-14(10-18(17)31-2)22-21-20(16(11-25)23(27)34-24(21)29-28-22)13-4-7-15(8-5-13)33-12-19(26)30/h4-10,20H,3,12,27H2,1-2H3,(H2,26,30)(H,28,29)/t20-/m1/s1. The van der Waals surface area contributed by atoms with Crippen LogP contribution in [0.15, 0.2) is 53.9 Å². The number of fused-ring (bicyclic) bond motifs is 1. The van der Waals surface area contributed by atoms with Crippen LogP contribution in [-0.4, -0.2) is 36.4 Å². The second-order valence-electron chi connectivity index (χ2n) is 7.36. The summed E-state index contributed by atoms with van der Waals surface area (Å²) < 4.78 is 22.1. The van der Waals surface area contributed by atoms with Crippen LogP contribution in [0.4, 0.5) is 0 Å². The van der Waals surface area contributed by atoms with Crippen molar-refractivity contribution in [1.29, 1.82) is 5.26 Å². The first kappa shape index (κ1) is 22.5. The molecule has 0 radical (unpaired) electrons. The van der Waals surface area contributed by atoms with Crippen molar-refractivity contribution in [1.82, 2.24) is 10.2 Å². The Labute approximate surface area is 195 Å². The number of amides is 1. The van der Waals surface area contributed by atoms with E-state index >= 15 is 0 Å². The Bertz CT molecular complexity index is 1290. The molecule has 34 heavy (non-hydrogen) atoms. The predicted octanol–water partition coefficient (Wildman–Crippen LogP) is 2.57. The number of benzene rings is 2. The van der Waals surface area contributed by atoms with Gasteiger partial charge in [0.15, 0.2) is 18.1 Å². The maximum Gasteiger partial charge on any atom is 0.255 e. The highest BCUT2D eigenvalue weighted by atomic mass is 16.5. The van der Waals surface area contributed by atoms with E-state index in [1.165, 1.54) is 0 Å². The minimum absolute atomic E-state index is 0.0172. The van der Waals surface area contributed by atoms with Crippen LogP contribution in [0.3, 0.4) is 0 Å². The van der Waals surface area contributed by atoms with Crippen molar-refractivity contribution in [3.05, 3.63) is 65.0 Å². The van der Waals surface area contributed by atoms with Gasteiger partial charge in [-0.15, -0.1) is 5.10 Å². The number of aromatic nitrogens is 2. The molecule has 1 amide bonds. The molecule has 2 heterocycles. The largest absolute Gasteiger partial charge is 0.493 e. The van der Waals surface area contributed by atoms with Crippen molar-refractivity contribution in [2.45, 2.75) is 12.8 Å². The number of hydrogen-bond acceptors (Lipinski definition) is 8. The van der Waals surface area contributed by atoms with E-state index in [-0.39, 0.29) is 23.9 Å². The average Bonchev–Trinajstić information content (AvgIpc) is 3.26. The van der Waals surface area contributed by atoms with Crippen LogP contribution in [0.2, 0.25) is 0 Å². The van der Waals surface area contributed by atoms with Crippen LogP contribution in [-0.2, 0) is 4.79 Å². The number of carbonyl (C=O) groups is 1. The Kier molecular flexibility index (Phi) is 6.27. The average molecular weight is 461 g/mol. The number of H-pyrrole nitrogens is 1. The number of methoxy groups -OCH3 is 1. The molecule has 0 spiro atoms. The molecule has 1 aromatic heterocycles. The van der Waals surface area contributed by atoms with Crippen LogP contribution in [0.25, 0.3) is 11.3 Å². The minimum atomic E-state index is -0.575. The molecule has 1 aliphatic heterocycles. The van der Waals surface area contributed by atoms with Crippen molar-refractivity contribution >= 4 is 5.91 Å². The summed E-state index contributed by atoms with van der Waals surface area (Å²) in [6.07, 6.45) is 0. The third-order valence-electron chi connectivity index (χ3n) is 5.29. The first-order chi connectivity index (χ1) is 16.5. The zero-order valence-corrected chi connectivity index (χ0v) is 18.6. The molecule has 0 fully saturated rings. The number of allylic oxidation sites excluding steroid dienone is 1. The Morgan fingerprint density at radius 3 is 2.62 bits per heavy atom. The highest BCUT2D eigenvalue weighted by molar-refractivity contribution is 5.75. The van der Waals surface area contributed by atoms with E-state index in [9.17, 15) is 10.1 Å². The number of nitrogens with one attached hydrogen (secondary N) is 1. The molecule has 1 atom stereocenters. The number of primary amides is 1. The molecule has 0 saturated heterocycles. The van der Waals surface area contributed by atoms with Gasteiger partial charge in [0.05, 0.1) is 30.9 Å². The molecule has 3 aromatic rings. The molecule has 2 aromatic carbocycles. The van der Waals surface area contributed by atoms with Gasteiger partial charge < -0.3 is 30.4 Å². The molecule has 5 N–H and O–H groups in total. The van der Waals surface area contributed by atoms with E-state index in [1.807, 2.05) is 25.1 Å². The highest BCUT2D eigenvalue weighted by Gasteiger charge is 2.35. The second kappa shape index (κ2) is 9.46. The monoisotopic (exact) mass is 461 g/mol. The van der Waals surface area contributed by atoms with E-state index in [1.54, 1.807) is 31.4 Å². The van der Waals surface area contributed by atoms with Gasteiger partial charge in [-0.3, -0.25) is 9.89 Å². The Balaban J connectivity index is 1.79. The molecule has 1 aliphatic rings. The maximum atomic E-state index is 11.0. The van der Waals surface area contributed by atoms with E-state index < -0.39 is 11.8 Å². The van der Waals surface area contributed by atoms with Gasteiger partial charge >= 0.3 is 0 Å². The summed E-state index contributed by atoms with van der Waals surface area (Å²) in [4.78, 5) is 11.0. The van der Waals surface area contributed by atoms with Gasteiger partial charge in [0, 0.05) is 5.56 Å². The minimum Gasteiger partial charge on any atom is -0.493 e. The zero-order chi connectivity index (χ0) is 24.2. The topological polar surface area (TPSA) is 158 Å². The van der Waals surface area contributed by atoms with Gasteiger partial charge in [0.1, 0.15) is 17.4 Å². The number of carbonyl (C=O) groups excluding carboxylic acids is 1. The summed E-state index contributed by atoms with van der Waals surface area (Å²) in [6.45, 7) is 2.16. The van der Waals surface area contributed by atoms with Crippen molar-refractivity contribution in [3.63, 3.8) is 0 Å². The molecule has 0 saturated carbocycles. The van der Waals surface area contributed by atoms with Crippen molar-refractivity contribution in [2.24, 2.45) is 11.5 Å². The molecular formula is C24H23N5O5. The van der Waals surface area contributed by atoms with Crippen LogP contribution < -0.4 is 30.4 Å².